The summed E-state index contributed by atoms with van der Waals surface area (Å²) in [5.74, 6) is 1.92. The van der Waals surface area contributed by atoms with E-state index in [9.17, 15) is 0 Å². The van der Waals surface area contributed by atoms with E-state index in [2.05, 4.69) is 35.1 Å². The molecule has 5 heteroatoms. The Morgan fingerprint density at radius 1 is 0.720 bits per heavy atom. The number of hydrogen-bond acceptors (Lipinski definition) is 3. The molecule has 0 saturated carbocycles. The van der Waals surface area contributed by atoms with Gasteiger partial charge in [-0.3, -0.25) is 0 Å². The molecule has 25 heavy (non-hydrogen) atoms. The number of rotatable bonds is 6. The van der Waals surface area contributed by atoms with E-state index in [-0.39, 0.29) is 0 Å². The average molecular weight is 334 g/mol. The van der Waals surface area contributed by atoms with Crippen LogP contribution in [0.2, 0.25) is 0 Å². The van der Waals surface area contributed by atoms with E-state index in [4.69, 9.17) is 14.7 Å². The molecule has 4 aromatic rings. The third kappa shape index (κ3) is 2.81. The summed E-state index contributed by atoms with van der Waals surface area (Å²) < 4.78 is 10.4. The lowest BCUT2D eigenvalue weighted by atomic mass is 10.3. The Balaban J connectivity index is 1.55. The van der Waals surface area contributed by atoms with Crippen molar-refractivity contribution < 1.29 is 4.74 Å². The summed E-state index contributed by atoms with van der Waals surface area (Å²) in [5.41, 5.74) is 4.35. The van der Waals surface area contributed by atoms with E-state index in [0.717, 1.165) is 46.8 Å². The summed E-state index contributed by atoms with van der Waals surface area (Å²) in [6.07, 6.45) is 0. The Labute approximate surface area is 146 Å². The van der Waals surface area contributed by atoms with E-state index >= 15 is 0 Å². The van der Waals surface area contributed by atoms with Crippen LogP contribution in [0.25, 0.3) is 22.1 Å². The number of hydrogen-bond donors (Lipinski definition) is 0. The maximum atomic E-state index is 5.98. The predicted molar refractivity (Wildman–Crippen MR) is 99.3 cm³/mol. The molecular formula is C20H22N4O. The van der Waals surface area contributed by atoms with Gasteiger partial charge in [0, 0.05) is 13.1 Å². The summed E-state index contributed by atoms with van der Waals surface area (Å²) in [5, 5.41) is 0. The zero-order valence-electron chi connectivity index (χ0n) is 14.6. The number of aromatic nitrogens is 4. The smallest absolute Gasteiger partial charge is 0.136 e. The zero-order valence-corrected chi connectivity index (χ0v) is 14.6. The van der Waals surface area contributed by atoms with Gasteiger partial charge in [0.05, 0.1) is 22.1 Å². The van der Waals surface area contributed by atoms with Crippen molar-refractivity contribution in [1.29, 1.82) is 0 Å². The minimum absolute atomic E-state index is 0.482. The molecule has 0 bridgehead atoms. The Kier molecular flexibility index (Phi) is 4.24. The number of fused-ring (bicyclic) bond motifs is 2. The van der Waals surface area contributed by atoms with Gasteiger partial charge in [0.15, 0.2) is 0 Å². The van der Waals surface area contributed by atoms with E-state index in [1.165, 1.54) is 0 Å². The van der Waals surface area contributed by atoms with Crippen molar-refractivity contribution in [3.05, 3.63) is 60.2 Å². The van der Waals surface area contributed by atoms with Crippen LogP contribution < -0.4 is 0 Å². The highest BCUT2D eigenvalue weighted by atomic mass is 16.5. The van der Waals surface area contributed by atoms with Gasteiger partial charge in [0.2, 0.25) is 0 Å². The van der Waals surface area contributed by atoms with E-state index in [1.807, 2.05) is 36.4 Å². The van der Waals surface area contributed by atoms with Crippen molar-refractivity contribution in [2.24, 2.45) is 0 Å². The number of ether oxygens (including phenoxy) is 1. The standard InChI is InChI=1S/C20H22N4O/c1-3-23-17-11-7-5-9-15(17)21-19(23)13-25-14-20-22-16-10-6-8-12-18(16)24(20)4-2/h5-12H,3-4,13-14H2,1-2H3. The summed E-state index contributed by atoms with van der Waals surface area (Å²) in [4.78, 5) is 9.42. The molecule has 0 unspecified atom stereocenters. The van der Waals surface area contributed by atoms with Crippen molar-refractivity contribution in [3.63, 3.8) is 0 Å². The van der Waals surface area contributed by atoms with Crippen molar-refractivity contribution in [1.82, 2.24) is 19.1 Å². The highest BCUT2D eigenvalue weighted by Gasteiger charge is 2.12. The lowest BCUT2D eigenvalue weighted by Crippen LogP contribution is -2.07. The van der Waals surface area contributed by atoms with Crippen LogP contribution in [0.3, 0.4) is 0 Å². The molecule has 0 aliphatic heterocycles. The first kappa shape index (κ1) is 15.8. The molecule has 5 nitrogen and oxygen atoms in total. The van der Waals surface area contributed by atoms with Crippen LogP contribution in [-0.4, -0.2) is 19.1 Å². The maximum absolute atomic E-state index is 5.98. The molecule has 0 amide bonds. The van der Waals surface area contributed by atoms with Crippen LogP contribution in [0.15, 0.2) is 48.5 Å². The van der Waals surface area contributed by atoms with Crippen LogP contribution in [0.1, 0.15) is 25.5 Å². The number of nitrogens with zero attached hydrogens (tertiary/aromatic N) is 4. The molecule has 2 aromatic heterocycles. The van der Waals surface area contributed by atoms with Crippen LogP contribution in [-0.2, 0) is 31.0 Å². The Bertz CT molecular complexity index is 933. The minimum atomic E-state index is 0.482. The van der Waals surface area contributed by atoms with Crippen LogP contribution >= 0.6 is 0 Å². The zero-order chi connectivity index (χ0) is 17.2. The van der Waals surface area contributed by atoms with Gasteiger partial charge in [0.25, 0.3) is 0 Å². The molecule has 0 radical (unpaired) electrons. The third-order valence-corrected chi connectivity index (χ3v) is 4.56. The summed E-state index contributed by atoms with van der Waals surface area (Å²) >= 11 is 0. The van der Waals surface area contributed by atoms with Crippen molar-refractivity contribution in [3.8, 4) is 0 Å². The van der Waals surface area contributed by atoms with Crippen LogP contribution in [0, 0.1) is 0 Å². The molecule has 0 saturated heterocycles. The number of benzene rings is 2. The van der Waals surface area contributed by atoms with Crippen LogP contribution in [0.4, 0.5) is 0 Å². The first-order valence-corrected chi connectivity index (χ1v) is 8.77. The molecule has 0 aliphatic carbocycles. The molecule has 0 N–H and O–H groups in total. The summed E-state index contributed by atoms with van der Waals surface area (Å²) in [7, 11) is 0. The summed E-state index contributed by atoms with van der Waals surface area (Å²) in [6, 6.07) is 16.4. The summed E-state index contributed by atoms with van der Waals surface area (Å²) in [6.45, 7) is 6.99. The number of aryl methyl sites for hydroxylation is 2. The van der Waals surface area contributed by atoms with E-state index in [1.54, 1.807) is 0 Å². The van der Waals surface area contributed by atoms with Gasteiger partial charge in [-0.1, -0.05) is 24.3 Å². The Morgan fingerprint density at radius 2 is 1.16 bits per heavy atom. The molecule has 128 valence electrons. The van der Waals surface area contributed by atoms with E-state index in [0.29, 0.717) is 13.2 Å². The third-order valence-electron chi connectivity index (χ3n) is 4.56. The fourth-order valence-corrected chi connectivity index (χ4v) is 3.41. The van der Waals surface area contributed by atoms with Crippen molar-refractivity contribution >= 4 is 22.1 Å². The lowest BCUT2D eigenvalue weighted by molar-refractivity contribution is 0.0928. The topological polar surface area (TPSA) is 44.9 Å². The first-order chi connectivity index (χ1) is 12.3. The predicted octanol–water partition coefficient (Wildman–Crippen LogP) is 4.14. The van der Waals surface area contributed by atoms with Gasteiger partial charge in [-0.05, 0) is 38.1 Å². The minimum Gasteiger partial charge on any atom is -0.366 e. The number of imidazole rings is 2. The van der Waals surface area contributed by atoms with Gasteiger partial charge in [-0.25, -0.2) is 9.97 Å². The second-order valence-corrected chi connectivity index (χ2v) is 6.01. The molecule has 0 atom stereocenters. The molecular weight excluding hydrogens is 312 g/mol. The average Bonchev–Trinajstić information content (AvgIpc) is 3.18. The first-order valence-electron chi connectivity index (χ1n) is 8.77. The van der Waals surface area contributed by atoms with Crippen LogP contribution in [0.5, 0.6) is 0 Å². The van der Waals surface area contributed by atoms with Crippen molar-refractivity contribution in [2.45, 2.75) is 40.2 Å². The maximum Gasteiger partial charge on any atom is 0.136 e. The lowest BCUT2D eigenvalue weighted by Gasteiger charge is -2.08. The highest BCUT2D eigenvalue weighted by Crippen LogP contribution is 2.19. The molecule has 0 fully saturated rings. The SMILES string of the molecule is CCn1c(COCc2nc3ccccc3n2CC)nc2ccccc21. The largest absolute Gasteiger partial charge is 0.366 e. The highest BCUT2D eigenvalue weighted by molar-refractivity contribution is 5.76. The second-order valence-electron chi connectivity index (χ2n) is 6.01. The molecule has 4 rings (SSSR count). The molecule has 2 aromatic carbocycles. The van der Waals surface area contributed by atoms with Gasteiger partial charge < -0.3 is 13.9 Å². The second kappa shape index (κ2) is 6.69. The normalized spacial score (nSPS) is 11.6. The Hall–Kier alpha value is -2.66. The Morgan fingerprint density at radius 3 is 1.60 bits per heavy atom. The van der Waals surface area contributed by atoms with E-state index < -0.39 is 0 Å². The number of para-hydroxylation sites is 4. The van der Waals surface area contributed by atoms with Gasteiger partial charge in [-0.2, -0.15) is 0 Å². The quantitative estimate of drug-likeness (QED) is 0.532. The fourth-order valence-electron chi connectivity index (χ4n) is 3.41. The van der Waals surface area contributed by atoms with Gasteiger partial charge in [-0.15, -0.1) is 0 Å². The van der Waals surface area contributed by atoms with Crippen molar-refractivity contribution in [2.75, 3.05) is 0 Å². The monoisotopic (exact) mass is 334 g/mol. The van der Waals surface area contributed by atoms with Gasteiger partial charge in [0.1, 0.15) is 24.9 Å². The fraction of sp³-hybridized carbons (Fsp3) is 0.300. The molecule has 2 heterocycles. The molecule has 0 spiro atoms. The molecule has 0 aliphatic rings. The van der Waals surface area contributed by atoms with Gasteiger partial charge >= 0.3 is 0 Å².